The first-order chi connectivity index (χ1) is 14.8. The van der Waals surface area contributed by atoms with E-state index in [2.05, 4.69) is 39.5 Å². The Kier molecular flexibility index (Phi) is 8.59. The van der Waals surface area contributed by atoms with Gasteiger partial charge in [0, 0.05) is 61.9 Å². The third-order valence-electron chi connectivity index (χ3n) is 6.27. The van der Waals surface area contributed by atoms with Crippen molar-refractivity contribution in [3.05, 3.63) is 51.4 Å². The summed E-state index contributed by atoms with van der Waals surface area (Å²) in [5, 5.41) is 20.7. The molecule has 8 nitrogen and oxygen atoms in total. The van der Waals surface area contributed by atoms with E-state index in [-0.39, 0.29) is 24.8 Å². The van der Waals surface area contributed by atoms with Gasteiger partial charge in [-0.3, -0.25) is 9.69 Å². The van der Waals surface area contributed by atoms with Gasteiger partial charge in [0.05, 0.1) is 5.69 Å². The third kappa shape index (κ3) is 5.04. The van der Waals surface area contributed by atoms with Gasteiger partial charge in [0.2, 0.25) is 0 Å². The summed E-state index contributed by atoms with van der Waals surface area (Å²) in [7, 11) is 4.20. The molecule has 33 heavy (non-hydrogen) atoms. The number of benzene rings is 1. The number of pyridine rings is 1. The zero-order valence-electron chi connectivity index (χ0n) is 18.9. The van der Waals surface area contributed by atoms with Crippen LogP contribution in [0.1, 0.15) is 28.5 Å². The van der Waals surface area contributed by atoms with Crippen molar-refractivity contribution in [3.8, 4) is 17.0 Å². The highest BCUT2D eigenvalue weighted by molar-refractivity contribution is 5.92. The molecule has 0 saturated carbocycles. The highest BCUT2D eigenvalue weighted by Gasteiger charge is 2.22. The molecule has 180 valence electrons. The average molecular weight is 497 g/mol. The number of aromatic carboxylic acids is 1. The van der Waals surface area contributed by atoms with Crippen LogP contribution < -0.4 is 5.56 Å². The fourth-order valence-corrected chi connectivity index (χ4v) is 4.37. The highest BCUT2D eigenvalue weighted by atomic mass is 35.5. The van der Waals surface area contributed by atoms with Crippen LogP contribution in [0.3, 0.4) is 0 Å². The molecule has 3 heterocycles. The van der Waals surface area contributed by atoms with Gasteiger partial charge in [-0.25, -0.2) is 4.79 Å². The number of H-pyrrole nitrogens is 1. The zero-order chi connectivity index (χ0) is 22.3. The van der Waals surface area contributed by atoms with Crippen LogP contribution in [0.4, 0.5) is 0 Å². The van der Waals surface area contributed by atoms with Crippen molar-refractivity contribution in [2.75, 3.05) is 33.2 Å². The lowest BCUT2D eigenvalue weighted by molar-refractivity contribution is 0.0691. The molecule has 1 saturated heterocycles. The maximum absolute atomic E-state index is 12.3. The molecule has 1 fully saturated rings. The van der Waals surface area contributed by atoms with E-state index in [9.17, 15) is 19.8 Å². The van der Waals surface area contributed by atoms with Crippen LogP contribution in [-0.2, 0) is 20.0 Å². The summed E-state index contributed by atoms with van der Waals surface area (Å²) in [5.41, 5.74) is 2.50. The molecule has 1 aromatic carbocycles. The van der Waals surface area contributed by atoms with Crippen molar-refractivity contribution in [1.29, 1.82) is 0 Å². The van der Waals surface area contributed by atoms with Crippen molar-refractivity contribution < 1.29 is 15.0 Å². The second kappa shape index (κ2) is 10.6. The van der Waals surface area contributed by atoms with Crippen molar-refractivity contribution in [2.24, 2.45) is 7.05 Å². The van der Waals surface area contributed by atoms with E-state index in [1.54, 1.807) is 0 Å². The fourth-order valence-electron chi connectivity index (χ4n) is 4.37. The molecule has 2 aromatic heterocycles. The van der Waals surface area contributed by atoms with Gasteiger partial charge < -0.3 is 24.7 Å². The molecule has 0 unspecified atom stereocenters. The molecular formula is C23H30Cl2N4O4. The standard InChI is InChI=1S/C23H28N4O4.2ClH/c1-4-17-20(24-22(29)19(21(17)28)23(30)31)14-5-6-18-15(11-14)12-16(26(18)3)13-27-9-7-25(2)8-10-27;;/h5-6,11-12H,4,7-10,13H2,1-3H3,(H,30,31)(H2,24,28,29);2*1H. The first-order valence-corrected chi connectivity index (χ1v) is 10.5. The fraction of sp³-hybridized carbons (Fsp3) is 0.391. The number of rotatable bonds is 5. The molecule has 0 spiro atoms. The first-order valence-electron chi connectivity index (χ1n) is 10.5. The number of nitrogens with one attached hydrogen (secondary N) is 1. The third-order valence-corrected chi connectivity index (χ3v) is 6.27. The number of carboxylic acid groups (broad SMARTS) is 1. The molecule has 1 aliphatic heterocycles. The van der Waals surface area contributed by atoms with Gasteiger partial charge in [-0.1, -0.05) is 13.0 Å². The van der Waals surface area contributed by atoms with Gasteiger partial charge in [-0.05, 0) is 37.2 Å². The molecule has 1 aliphatic rings. The molecule has 0 aliphatic carbocycles. The summed E-state index contributed by atoms with van der Waals surface area (Å²) in [6, 6.07) is 8.03. The van der Waals surface area contributed by atoms with Crippen molar-refractivity contribution in [2.45, 2.75) is 19.9 Å². The lowest BCUT2D eigenvalue weighted by Crippen LogP contribution is -2.44. The average Bonchev–Trinajstić information content (AvgIpc) is 3.03. The normalized spacial score (nSPS) is 14.6. The number of hydrogen-bond acceptors (Lipinski definition) is 5. The van der Waals surface area contributed by atoms with E-state index >= 15 is 0 Å². The first kappa shape index (κ1) is 26.7. The maximum Gasteiger partial charge on any atom is 0.345 e. The quantitative estimate of drug-likeness (QED) is 0.501. The van der Waals surface area contributed by atoms with Crippen molar-refractivity contribution in [3.63, 3.8) is 0 Å². The second-order valence-corrected chi connectivity index (χ2v) is 8.24. The summed E-state index contributed by atoms with van der Waals surface area (Å²) in [6.07, 6.45) is 0.389. The number of likely N-dealkylation sites (N-methyl/N-ethyl adjacent to an activating group) is 1. The minimum atomic E-state index is -1.44. The monoisotopic (exact) mass is 496 g/mol. The number of piperazine rings is 1. The number of hydrogen-bond donors (Lipinski definition) is 3. The van der Waals surface area contributed by atoms with E-state index in [0.29, 0.717) is 17.7 Å². The molecule has 3 N–H and O–H groups in total. The number of halogens is 2. The number of carboxylic acids is 1. The van der Waals surface area contributed by atoms with Crippen LogP contribution in [0.5, 0.6) is 5.75 Å². The number of nitrogens with zero attached hydrogens (tertiary/aromatic N) is 3. The van der Waals surface area contributed by atoms with Gasteiger partial charge in [0.25, 0.3) is 5.56 Å². The smallest absolute Gasteiger partial charge is 0.345 e. The van der Waals surface area contributed by atoms with Gasteiger partial charge in [-0.15, -0.1) is 24.8 Å². The number of aryl methyl sites for hydroxylation is 1. The molecule has 0 radical (unpaired) electrons. The molecule has 0 amide bonds. The van der Waals surface area contributed by atoms with Crippen LogP contribution in [-0.4, -0.2) is 68.8 Å². The minimum absolute atomic E-state index is 0. The number of aromatic amines is 1. The Bertz CT molecular complexity index is 1210. The summed E-state index contributed by atoms with van der Waals surface area (Å²) in [5.74, 6) is -1.90. The predicted molar refractivity (Wildman–Crippen MR) is 134 cm³/mol. The van der Waals surface area contributed by atoms with Crippen molar-refractivity contribution in [1.82, 2.24) is 19.4 Å². The van der Waals surface area contributed by atoms with Crippen LogP contribution >= 0.6 is 24.8 Å². The largest absolute Gasteiger partial charge is 0.506 e. The van der Waals surface area contributed by atoms with Crippen LogP contribution in [0.2, 0.25) is 0 Å². The second-order valence-electron chi connectivity index (χ2n) is 8.24. The van der Waals surface area contributed by atoms with E-state index in [4.69, 9.17) is 0 Å². The summed E-state index contributed by atoms with van der Waals surface area (Å²) >= 11 is 0. The molecule has 0 bridgehead atoms. The maximum atomic E-state index is 12.3. The lowest BCUT2D eigenvalue weighted by atomic mass is 9.99. The van der Waals surface area contributed by atoms with Gasteiger partial charge in [-0.2, -0.15) is 0 Å². The van der Waals surface area contributed by atoms with Crippen LogP contribution in [0.15, 0.2) is 29.1 Å². The summed E-state index contributed by atoms with van der Waals surface area (Å²) in [4.78, 5) is 31.1. The lowest BCUT2D eigenvalue weighted by Gasteiger charge is -2.32. The predicted octanol–water partition coefficient (Wildman–Crippen LogP) is 3.09. The molecule has 0 atom stereocenters. The SMILES string of the molecule is CCc1c(-c2ccc3c(c2)cc(CN2CCN(C)CC2)n3C)[nH]c(=O)c(C(=O)O)c1O.Cl.Cl. The highest BCUT2D eigenvalue weighted by Crippen LogP contribution is 2.32. The Labute approximate surface area is 204 Å². The van der Waals surface area contributed by atoms with E-state index < -0.39 is 22.8 Å². The Hall–Kier alpha value is -2.52. The van der Waals surface area contributed by atoms with E-state index in [1.807, 2.05) is 25.1 Å². The van der Waals surface area contributed by atoms with Crippen molar-refractivity contribution >= 4 is 41.7 Å². The number of carbonyl (C=O) groups is 1. The summed E-state index contributed by atoms with van der Waals surface area (Å²) in [6.45, 7) is 6.91. The van der Waals surface area contributed by atoms with Gasteiger partial charge in [0.1, 0.15) is 5.75 Å². The van der Waals surface area contributed by atoms with E-state index in [0.717, 1.165) is 49.2 Å². The van der Waals surface area contributed by atoms with Gasteiger partial charge >= 0.3 is 5.97 Å². The summed E-state index contributed by atoms with van der Waals surface area (Å²) < 4.78 is 2.19. The topological polar surface area (TPSA) is 102 Å². The van der Waals surface area contributed by atoms with Crippen LogP contribution in [0.25, 0.3) is 22.2 Å². The number of aromatic nitrogens is 2. The van der Waals surface area contributed by atoms with Crippen LogP contribution in [0, 0.1) is 0 Å². The van der Waals surface area contributed by atoms with E-state index in [1.165, 1.54) is 5.69 Å². The molecule has 3 aromatic rings. The zero-order valence-corrected chi connectivity index (χ0v) is 20.6. The number of aromatic hydroxyl groups is 1. The Morgan fingerprint density at radius 2 is 1.76 bits per heavy atom. The Morgan fingerprint density at radius 1 is 1.09 bits per heavy atom. The molecule has 4 rings (SSSR count). The molecule has 10 heteroatoms. The van der Waals surface area contributed by atoms with Gasteiger partial charge in [0.15, 0.2) is 5.56 Å². The number of fused-ring (bicyclic) bond motifs is 1. The Morgan fingerprint density at radius 3 is 2.36 bits per heavy atom. The Balaban J connectivity index is 0.00000193. The molecular weight excluding hydrogens is 467 g/mol. The minimum Gasteiger partial charge on any atom is -0.506 e.